The Morgan fingerprint density at radius 3 is 2.27 bits per heavy atom. The van der Waals surface area contributed by atoms with Gasteiger partial charge in [0.15, 0.2) is 11.5 Å². The van der Waals surface area contributed by atoms with Crippen LogP contribution in [-0.2, 0) is 6.54 Å². The SMILES string of the molecule is COc1cc(NCc2cc3cc(C)ccc3[nH]c2=O)cc(OC)c1OC. The van der Waals surface area contributed by atoms with Gasteiger partial charge in [0.05, 0.1) is 21.3 Å². The van der Waals surface area contributed by atoms with Crippen molar-refractivity contribution in [2.75, 3.05) is 26.6 Å². The lowest BCUT2D eigenvalue weighted by atomic mass is 10.1. The average molecular weight is 354 g/mol. The molecule has 0 bridgehead atoms. The minimum absolute atomic E-state index is 0.110. The fourth-order valence-corrected chi connectivity index (χ4v) is 2.88. The molecular formula is C20H22N2O4. The lowest BCUT2D eigenvalue weighted by molar-refractivity contribution is 0.324. The van der Waals surface area contributed by atoms with Gasteiger partial charge in [-0.1, -0.05) is 11.6 Å². The number of hydrogen-bond acceptors (Lipinski definition) is 5. The minimum atomic E-state index is -0.110. The smallest absolute Gasteiger partial charge is 0.253 e. The first-order valence-corrected chi connectivity index (χ1v) is 8.22. The van der Waals surface area contributed by atoms with Crippen molar-refractivity contribution < 1.29 is 14.2 Å². The molecule has 3 aromatic rings. The molecule has 1 heterocycles. The summed E-state index contributed by atoms with van der Waals surface area (Å²) in [4.78, 5) is 15.2. The highest BCUT2D eigenvalue weighted by Gasteiger charge is 2.13. The Labute approximate surface area is 151 Å². The molecule has 1 aromatic heterocycles. The third-order valence-corrected chi connectivity index (χ3v) is 4.22. The Bertz CT molecular complexity index is 970. The zero-order valence-electron chi connectivity index (χ0n) is 15.3. The van der Waals surface area contributed by atoms with Gasteiger partial charge in [0.25, 0.3) is 5.56 Å². The van der Waals surface area contributed by atoms with E-state index in [9.17, 15) is 4.79 Å². The van der Waals surface area contributed by atoms with Crippen molar-refractivity contribution in [2.45, 2.75) is 13.5 Å². The van der Waals surface area contributed by atoms with Gasteiger partial charge in [0.1, 0.15) is 0 Å². The van der Waals surface area contributed by atoms with Gasteiger partial charge in [-0.15, -0.1) is 0 Å². The first-order valence-electron chi connectivity index (χ1n) is 8.22. The third kappa shape index (κ3) is 3.44. The maximum absolute atomic E-state index is 12.3. The Morgan fingerprint density at radius 1 is 0.962 bits per heavy atom. The standard InChI is InChI=1S/C20H22N2O4/c1-12-5-6-16-13(7-12)8-14(20(23)22-16)11-21-15-9-17(24-2)19(26-4)18(10-15)25-3/h5-10,21H,11H2,1-4H3,(H,22,23). The van der Waals surface area contributed by atoms with E-state index in [0.717, 1.165) is 22.2 Å². The molecule has 0 aliphatic heterocycles. The highest BCUT2D eigenvalue weighted by molar-refractivity contribution is 5.79. The molecule has 2 N–H and O–H groups in total. The lowest BCUT2D eigenvalue weighted by Crippen LogP contribution is -2.15. The van der Waals surface area contributed by atoms with Crippen molar-refractivity contribution >= 4 is 16.6 Å². The Hall–Kier alpha value is -3.15. The van der Waals surface area contributed by atoms with Crippen LogP contribution >= 0.6 is 0 Å². The number of anilines is 1. The van der Waals surface area contributed by atoms with Gasteiger partial charge in [-0.3, -0.25) is 4.79 Å². The van der Waals surface area contributed by atoms with Crippen LogP contribution in [0.3, 0.4) is 0 Å². The number of rotatable bonds is 6. The van der Waals surface area contributed by atoms with E-state index in [-0.39, 0.29) is 5.56 Å². The van der Waals surface area contributed by atoms with Crippen LogP contribution in [-0.4, -0.2) is 26.3 Å². The molecule has 0 saturated carbocycles. The van der Waals surface area contributed by atoms with Gasteiger partial charge in [-0.25, -0.2) is 0 Å². The number of hydrogen-bond donors (Lipinski definition) is 2. The zero-order valence-corrected chi connectivity index (χ0v) is 15.3. The van der Waals surface area contributed by atoms with Gasteiger partial charge < -0.3 is 24.5 Å². The number of aryl methyl sites for hydroxylation is 1. The van der Waals surface area contributed by atoms with Gasteiger partial charge in [0.2, 0.25) is 5.75 Å². The van der Waals surface area contributed by atoms with Crippen LogP contribution < -0.4 is 25.1 Å². The van der Waals surface area contributed by atoms with Gasteiger partial charge in [-0.05, 0) is 30.5 Å². The largest absolute Gasteiger partial charge is 0.493 e. The summed E-state index contributed by atoms with van der Waals surface area (Å²) in [5.41, 5.74) is 3.28. The molecule has 0 fully saturated rings. The number of aromatic nitrogens is 1. The quantitative estimate of drug-likeness (QED) is 0.709. The van der Waals surface area contributed by atoms with Crippen molar-refractivity contribution in [3.05, 3.63) is 57.9 Å². The predicted molar refractivity (Wildman–Crippen MR) is 103 cm³/mol. The molecular weight excluding hydrogens is 332 g/mol. The van der Waals surface area contributed by atoms with Crippen LogP contribution in [0.25, 0.3) is 10.9 Å². The molecule has 0 spiro atoms. The Balaban J connectivity index is 1.90. The Morgan fingerprint density at radius 2 is 1.65 bits per heavy atom. The van der Waals surface area contributed by atoms with E-state index in [1.165, 1.54) is 0 Å². The fourth-order valence-electron chi connectivity index (χ4n) is 2.88. The second-order valence-electron chi connectivity index (χ2n) is 5.98. The molecule has 0 aliphatic rings. The van der Waals surface area contributed by atoms with E-state index >= 15 is 0 Å². The minimum Gasteiger partial charge on any atom is -0.493 e. The van der Waals surface area contributed by atoms with Gasteiger partial charge in [-0.2, -0.15) is 0 Å². The highest BCUT2D eigenvalue weighted by Crippen LogP contribution is 2.39. The van der Waals surface area contributed by atoms with Crippen molar-refractivity contribution in [1.82, 2.24) is 4.98 Å². The molecule has 26 heavy (non-hydrogen) atoms. The second-order valence-corrected chi connectivity index (χ2v) is 5.98. The molecule has 6 heteroatoms. The summed E-state index contributed by atoms with van der Waals surface area (Å²) in [6.07, 6.45) is 0. The first kappa shape index (κ1) is 17.7. The summed E-state index contributed by atoms with van der Waals surface area (Å²) >= 11 is 0. The van der Waals surface area contributed by atoms with Crippen molar-refractivity contribution in [1.29, 1.82) is 0 Å². The molecule has 0 radical (unpaired) electrons. The molecule has 0 amide bonds. The normalized spacial score (nSPS) is 10.6. The van der Waals surface area contributed by atoms with Crippen molar-refractivity contribution in [2.24, 2.45) is 0 Å². The van der Waals surface area contributed by atoms with Gasteiger partial charge >= 0.3 is 0 Å². The number of aromatic amines is 1. The molecule has 136 valence electrons. The lowest BCUT2D eigenvalue weighted by Gasteiger charge is -2.15. The molecule has 3 rings (SSSR count). The summed E-state index contributed by atoms with van der Waals surface area (Å²) in [5.74, 6) is 1.63. The number of benzene rings is 2. The van der Waals surface area contributed by atoms with E-state index in [1.54, 1.807) is 33.5 Å². The van der Waals surface area contributed by atoms with E-state index in [0.29, 0.717) is 29.4 Å². The topological polar surface area (TPSA) is 72.6 Å². The van der Waals surface area contributed by atoms with Crippen LogP contribution in [0.15, 0.2) is 41.2 Å². The summed E-state index contributed by atoms with van der Waals surface area (Å²) in [6, 6.07) is 11.5. The number of methoxy groups -OCH3 is 3. The van der Waals surface area contributed by atoms with E-state index in [2.05, 4.69) is 10.3 Å². The molecule has 0 saturated heterocycles. The summed E-state index contributed by atoms with van der Waals surface area (Å²) in [7, 11) is 4.69. The number of ether oxygens (including phenoxy) is 3. The van der Waals surface area contributed by atoms with Crippen molar-refractivity contribution in [3.63, 3.8) is 0 Å². The van der Waals surface area contributed by atoms with E-state index in [1.807, 2.05) is 31.2 Å². The van der Waals surface area contributed by atoms with Crippen LogP contribution in [0, 0.1) is 6.92 Å². The maximum atomic E-state index is 12.3. The zero-order chi connectivity index (χ0) is 18.7. The second kappa shape index (κ2) is 7.39. The Kier molecular flexibility index (Phi) is 5.02. The summed E-state index contributed by atoms with van der Waals surface area (Å²) in [5, 5.41) is 4.25. The molecule has 0 aliphatic carbocycles. The average Bonchev–Trinajstić information content (AvgIpc) is 2.65. The summed E-state index contributed by atoms with van der Waals surface area (Å²) in [6.45, 7) is 2.40. The molecule has 0 unspecified atom stereocenters. The number of pyridine rings is 1. The summed E-state index contributed by atoms with van der Waals surface area (Å²) < 4.78 is 16.0. The number of nitrogens with one attached hydrogen (secondary N) is 2. The molecule has 2 aromatic carbocycles. The van der Waals surface area contributed by atoms with E-state index in [4.69, 9.17) is 14.2 Å². The fraction of sp³-hybridized carbons (Fsp3) is 0.250. The van der Waals surface area contributed by atoms with Crippen molar-refractivity contribution in [3.8, 4) is 17.2 Å². The monoisotopic (exact) mass is 354 g/mol. The van der Waals surface area contributed by atoms with Crippen LogP contribution in [0.5, 0.6) is 17.2 Å². The third-order valence-electron chi connectivity index (χ3n) is 4.22. The van der Waals surface area contributed by atoms with Gasteiger partial charge in [0, 0.05) is 35.4 Å². The highest BCUT2D eigenvalue weighted by atomic mass is 16.5. The maximum Gasteiger partial charge on any atom is 0.253 e. The molecule has 6 nitrogen and oxygen atoms in total. The van der Waals surface area contributed by atoms with Crippen LogP contribution in [0.2, 0.25) is 0 Å². The number of H-pyrrole nitrogens is 1. The molecule has 0 atom stereocenters. The van der Waals surface area contributed by atoms with Crippen LogP contribution in [0.4, 0.5) is 5.69 Å². The first-order chi connectivity index (χ1) is 12.5. The number of fused-ring (bicyclic) bond motifs is 1. The predicted octanol–water partition coefficient (Wildman–Crippen LogP) is 3.47. The van der Waals surface area contributed by atoms with E-state index < -0.39 is 0 Å². The van der Waals surface area contributed by atoms with Crippen LogP contribution in [0.1, 0.15) is 11.1 Å².